The highest BCUT2D eigenvalue weighted by Gasteiger charge is 2.08. The summed E-state index contributed by atoms with van der Waals surface area (Å²) in [6.07, 6.45) is 1.59. The molecule has 0 saturated heterocycles. The van der Waals surface area contributed by atoms with Crippen molar-refractivity contribution in [1.82, 2.24) is 5.32 Å². The van der Waals surface area contributed by atoms with Crippen LogP contribution in [0.25, 0.3) is 0 Å². The molecule has 92 valence electrons. The number of hydrogen-bond acceptors (Lipinski definition) is 2. The molecule has 0 aliphatic rings. The Bertz CT molecular complexity index is 384. The van der Waals surface area contributed by atoms with Gasteiger partial charge in [0.1, 0.15) is 6.61 Å². The van der Waals surface area contributed by atoms with E-state index in [0.29, 0.717) is 6.61 Å². The quantitative estimate of drug-likeness (QED) is 0.810. The second-order valence-electron chi connectivity index (χ2n) is 3.96. The molecular formula is C14H19NO2. The summed E-state index contributed by atoms with van der Waals surface area (Å²) in [6, 6.07) is 9.62. The molecule has 1 aromatic rings. The maximum absolute atomic E-state index is 11.5. The second kappa shape index (κ2) is 6.74. The van der Waals surface area contributed by atoms with Gasteiger partial charge in [0.2, 0.25) is 0 Å². The summed E-state index contributed by atoms with van der Waals surface area (Å²) in [5, 5.41) is 2.77. The lowest BCUT2D eigenvalue weighted by molar-refractivity contribution is 0.137. The van der Waals surface area contributed by atoms with Crippen LogP contribution in [-0.4, -0.2) is 12.1 Å². The van der Waals surface area contributed by atoms with Crippen LogP contribution < -0.4 is 5.32 Å². The van der Waals surface area contributed by atoms with Gasteiger partial charge in [0.25, 0.3) is 0 Å². The summed E-state index contributed by atoms with van der Waals surface area (Å²) in [5.74, 6) is 0. The zero-order valence-electron chi connectivity index (χ0n) is 10.6. The van der Waals surface area contributed by atoms with E-state index >= 15 is 0 Å². The van der Waals surface area contributed by atoms with Crippen molar-refractivity contribution >= 4 is 6.09 Å². The van der Waals surface area contributed by atoms with Gasteiger partial charge in [-0.15, -0.1) is 0 Å². The minimum absolute atomic E-state index is 0.00303. The van der Waals surface area contributed by atoms with E-state index in [-0.39, 0.29) is 12.1 Å². The molecule has 3 nitrogen and oxygen atoms in total. The SMILES string of the molecule is C/C=C(\C)C(C)NC(=O)OCc1ccccc1. The normalized spacial score (nSPS) is 13.0. The van der Waals surface area contributed by atoms with Gasteiger partial charge in [-0.25, -0.2) is 4.79 Å². The molecule has 1 N–H and O–H groups in total. The molecule has 0 aliphatic heterocycles. The Hall–Kier alpha value is -1.77. The molecule has 0 bridgehead atoms. The van der Waals surface area contributed by atoms with E-state index in [1.807, 2.05) is 57.2 Å². The summed E-state index contributed by atoms with van der Waals surface area (Å²) in [6.45, 7) is 6.15. The van der Waals surface area contributed by atoms with E-state index in [1.54, 1.807) is 0 Å². The van der Waals surface area contributed by atoms with E-state index < -0.39 is 0 Å². The summed E-state index contributed by atoms with van der Waals surface area (Å²) in [5.41, 5.74) is 2.10. The minimum Gasteiger partial charge on any atom is -0.445 e. The van der Waals surface area contributed by atoms with Gasteiger partial charge in [-0.2, -0.15) is 0 Å². The third kappa shape index (κ3) is 4.72. The molecule has 17 heavy (non-hydrogen) atoms. The molecule has 0 saturated carbocycles. The number of hydrogen-bond donors (Lipinski definition) is 1. The van der Waals surface area contributed by atoms with Gasteiger partial charge >= 0.3 is 6.09 Å². The molecule has 0 aliphatic carbocycles. The van der Waals surface area contributed by atoms with Crippen molar-refractivity contribution in [3.63, 3.8) is 0 Å². The molecule has 0 fully saturated rings. The smallest absolute Gasteiger partial charge is 0.407 e. The predicted octanol–water partition coefficient (Wildman–Crippen LogP) is 3.27. The van der Waals surface area contributed by atoms with Crippen LogP contribution in [0.4, 0.5) is 4.79 Å². The van der Waals surface area contributed by atoms with Crippen molar-refractivity contribution in [2.45, 2.75) is 33.4 Å². The van der Waals surface area contributed by atoms with Crippen LogP contribution in [0.5, 0.6) is 0 Å². The number of allylic oxidation sites excluding steroid dienone is 1. The predicted molar refractivity (Wildman–Crippen MR) is 68.7 cm³/mol. The lowest BCUT2D eigenvalue weighted by Crippen LogP contribution is -2.33. The topological polar surface area (TPSA) is 38.3 Å². The molecule has 1 atom stereocenters. The Kier molecular flexibility index (Phi) is 5.27. The molecule has 3 heteroatoms. The molecule has 1 rings (SSSR count). The molecular weight excluding hydrogens is 214 g/mol. The molecule has 0 heterocycles. The van der Waals surface area contributed by atoms with Crippen LogP contribution in [0.1, 0.15) is 26.3 Å². The van der Waals surface area contributed by atoms with E-state index in [9.17, 15) is 4.79 Å². The van der Waals surface area contributed by atoms with Crippen LogP contribution in [0.3, 0.4) is 0 Å². The third-order valence-corrected chi connectivity index (χ3v) is 2.69. The summed E-state index contributed by atoms with van der Waals surface area (Å²) in [7, 11) is 0. The largest absolute Gasteiger partial charge is 0.445 e. The van der Waals surface area contributed by atoms with Crippen LogP contribution in [0.2, 0.25) is 0 Å². The summed E-state index contributed by atoms with van der Waals surface area (Å²) < 4.78 is 5.12. The molecule has 0 aromatic heterocycles. The number of ether oxygens (including phenoxy) is 1. The fourth-order valence-corrected chi connectivity index (χ4v) is 1.31. The first kappa shape index (κ1) is 13.3. The van der Waals surface area contributed by atoms with Gasteiger partial charge in [0.05, 0.1) is 6.04 Å². The van der Waals surface area contributed by atoms with Gasteiger partial charge in [-0.3, -0.25) is 0 Å². The first-order chi connectivity index (χ1) is 8.13. The lowest BCUT2D eigenvalue weighted by atomic mass is 10.1. The molecule has 0 spiro atoms. The minimum atomic E-state index is -0.387. The van der Waals surface area contributed by atoms with Crippen molar-refractivity contribution in [1.29, 1.82) is 0 Å². The number of carbonyl (C=O) groups is 1. The van der Waals surface area contributed by atoms with Crippen LogP contribution in [-0.2, 0) is 11.3 Å². The Morgan fingerprint density at radius 3 is 2.65 bits per heavy atom. The number of rotatable bonds is 4. The van der Waals surface area contributed by atoms with Crippen molar-refractivity contribution in [2.75, 3.05) is 0 Å². The van der Waals surface area contributed by atoms with Gasteiger partial charge in [0.15, 0.2) is 0 Å². The standard InChI is InChI=1S/C14H19NO2/c1-4-11(2)12(3)15-14(16)17-10-13-8-6-5-7-9-13/h4-9,12H,10H2,1-3H3,(H,15,16)/b11-4+. The molecule has 1 amide bonds. The zero-order valence-corrected chi connectivity index (χ0v) is 10.6. The van der Waals surface area contributed by atoms with Crippen molar-refractivity contribution in [3.05, 3.63) is 47.5 Å². The van der Waals surface area contributed by atoms with Crippen LogP contribution in [0.15, 0.2) is 42.0 Å². The van der Waals surface area contributed by atoms with Crippen LogP contribution >= 0.6 is 0 Å². The fourth-order valence-electron chi connectivity index (χ4n) is 1.31. The average molecular weight is 233 g/mol. The monoisotopic (exact) mass is 233 g/mol. The Labute approximate surface area is 102 Å². The van der Waals surface area contributed by atoms with E-state index in [1.165, 1.54) is 0 Å². The van der Waals surface area contributed by atoms with Gasteiger partial charge in [0, 0.05) is 0 Å². The van der Waals surface area contributed by atoms with E-state index in [4.69, 9.17) is 4.74 Å². The average Bonchev–Trinajstić information content (AvgIpc) is 2.36. The van der Waals surface area contributed by atoms with Crippen molar-refractivity contribution in [2.24, 2.45) is 0 Å². The lowest BCUT2D eigenvalue weighted by Gasteiger charge is -2.14. The molecule has 0 radical (unpaired) electrons. The summed E-state index contributed by atoms with van der Waals surface area (Å²) in [4.78, 5) is 11.5. The molecule has 1 aromatic carbocycles. The number of carbonyl (C=O) groups excluding carboxylic acids is 1. The first-order valence-corrected chi connectivity index (χ1v) is 5.73. The Morgan fingerprint density at radius 1 is 1.41 bits per heavy atom. The number of alkyl carbamates (subject to hydrolysis) is 1. The van der Waals surface area contributed by atoms with Crippen molar-refractivity contribution < 1.29 is 9.53 Å². The number of amides is 1. The second-order valence-corrected chi connectivity index (χ2v) is 3.96. The number of nitrogens with one attached hydrogen (secondary N) is 1. The van der Waals surface area contributed by atoms with Crippen molar-refractivity contribution in [3.8, 4) is 0 Å². The third-order valence-electron chi connectivity index (χ3n) is 2.69. The maximum atomic E-state index is 11.5. The van der Waals surface area contributed by atoms with E-state index in [0.717, 1.165) is 11.1 Å². The van der Waals surface area contributed by atoms with E-state index in [2.05, 4.69) is 5.32 Å². The van der Waals surface area contributed by atoms with Gasteiger partial charge < -0.3 is 10.1 Å². The Morgan fingerprint density at radius 2 is 2.06 bits per heavy atom. The fraction of sp³-hybridized carbons (Fsp3) is 0.357. The first-order valence-electron chi connectivity index (χ1n) is 5.73. The number of benzene rings is 1. The zero-order chi connectivity index (χ0) is 12.7. The van der Waals surface area contributed by atoms with Crippen LogP contribution in [0, 0.1) is 0 Å². The summed E-state index contributed by atoms with van der Waals surface area (Å²) >= 11 is 0. The maximum Gasteiger partial charge on any atom is 0.407 e. The Balaban J connectivity index is 2.36. The van der Waals surface area contributed by atoms with Gasteiger partial charge in [-0.05, 0) is 26.3 Å². The highest BCUT2D eigenvalue weighted by atomic mass is 16.5. The molecule has 1 unspecified atom stereocenters. The van der Waals surface area contributed by atoms with Gasteiger partial charge in [-0.1, -0.05) is 42.0 Å². The highest BCUT2D eigenvalue weighted by Crippen LogP contribution is 2.03. The highest BCUT2D eigenvalue weighted by molar-refractivity contribution is 5.68.